The number of nitrogens with one attached hydrogen (secondary N) is 2. The summed E-state index contributed by atoms with van der Waals surface area (Å²) in [5, 5.41) is 6.80. The van der Waals surface area contributed by atoms with E-state index in [0.717, 1.165) is 70.1 Å². The van der Waals surface area contributed by atoms with Crippen molar-refractivity contribution in [1.29, 1.82) is 0 Å². The molecule has 27 heavy (non-hydrogen) atoms. The number of halogens is 2. The van der Waals surface area contributed by atoms with Crippen LogP contribution in [-0.4, -0.2) is 49.8 Å². The lowest BCUT2D eigenvalue weighted by atomic mass is 9.95. The van der Waals surface area contributed by atoms with Gasteiger partial charge < -0.3 is 15.4 Å². The minimum atomic E-state index is -0.0997. The Balaban J connectivity index is 0.00000261. The van der Waals surface area contributed by atoms with Crippen LogP contribution in [0.3, 0.4) is 0 Å². The smallest absolute Gasteiger partial charge is 0.191 e. The standard InChI is InChI=1S/C20H30FN3OS.HI/c1-3-22-18(24-15-20(26-2)10-12-25-13-11-20)23-14-19(8-9-19)16-6-4-5-7-17(16)21;/h4-7H,3,8-15H2,1-2H3,(H2,22,23,24);1H. The van der Waals surface area contributed by atoms with Gasteiger partial charge in [0.1, 0.15) is 5.82 Å². The van der Waals surface area contributed by atoms with Crippen molar-refractivity contribution < 1.29 is 9.13 Å². The van der Waals surface area contributed by atoms with Crippen molar-refractivity contribution in [3.8, 4) is 0 Å². The molecule has 4 nitrogen and oxygen atoms in total. The van der Waals surface area contributed by atoms with Gasteiger partial charge in [0.05, 0.1) is 6.54 Å². The highest BCUT2D eigenvalue weighted by atomic mass is 127. The van der Waals surface area contributed by atoms with Gasteiger partial charge in [0.25, 0.3) is 0 Å². The number of rotatable bonds is 7. The number of hydrogen-bond donors (Lipinski definition) is 2. The van der Waals surface area contributed by atoms with Crippen LogP contribution in [0, 0.1) is 5.82 Å². The molecule has 1 aliphatic heterocycles. The van der Waals surface area contributed by atoms with Crippen molar-refractivity contribution in [3.05, 3.63) is 35.6 Å². The molecule has 0 amide bonds. The van der Waals surface area contributed by atoms with Gasteiger partial charge in [-0.15, -0.1) is 24.0 Å². The van der Waals surface area contributed by atoms with E-state index in [4.69, 9.17) is 9.73 Å². The molecule has 2 N–H and O–H groups in total. The molecule has 0 aromatic heterocycles. The third-order valence-electron chi connectivity index (χ3n) is 5.60. The molecule has 1 aromatic carbocycles. The third-order valence-corrected chi connectivity index (χ3v) is 7.00. The van der Waals surface area contributed by atoms with Crippen LogP contribution < -0.4 is 10.6 Å². The van der Waals surface area contributed by atoms with Gasteiger partial charge >= 0.3 is 0 Å². The minimum absolute atomic E-state index is 0. The Morgan fingerprint density at radius 2 is 1.89 bits per heavy atom. The van der Waals surface area contributed by atoms with Crippen molar-refractivity contribution in [1.82, 2.24) is 10.6 Å². The molecule has 152 valence electrons. The summed E-state index contributed by atoms with van der Waals surface area (Å²) in [6, 6.07) is 7.15. The molecule has 1 aromatic rings. The Hall–Kier alpha value is -0.540. The quantitative estimate of drug-likeness (QED) is 0.334. The van der Waals surface area contributed by atoms with Gasteiger partial charge in [-0.1, -0.05) is 18.2 Å². The van der Waals surface area contributed by atoms with Crippen LogP contribution in [0.4, 0.5) is 4.39 Å². The molecule has 1 heterocycles. The monoisotopic (exact) mass is 507 g/mol. The van der Waals surface area contributed by atoms with Crippen LogP contribution >= 0.6 is 35.7 Å². The zero-order valence-electron chi connectivity index (χ0n) is 16.2. The highest BCUT2D eigenvalue weighted by Crippen LogP contribution is 2.48. The summed E-state index contributed by atoms with van der Waals surface area (Å²) < 4.78 is 19.9. The molecule has 0 atom stereocenters. The van der Waals surface area contributed by atoms with Crippen molar-refractivity contribution in [2.75, 3.05) is 39.1 Å². The molecule has 1 aliphatic carbocycles. The molecule has 3 rings (SSSR count). The minimum Gasteiger partial charge on any atom is -0.381 e. The van der Waals surface area contributed by atoms with Crippen LogP contribution in [0.2, 0.25) is 0 Å². The van der Waals surface area contributed by atoms with Crippen molar-refractivity contribution >= 4 is 41.7 Å². The van der Waals surface area contributed by atoms with E-state index in [1.165, 1.54) is 0 Å². The van der Waals surface area contributed by atoms with Crippen LogP contribution in [0.25, 0.3) is 0 Å². The Morgan fingerprint density at radius 3 is 2.48 bits per heavy atom. The highest BCUT2D eigenvalue weighted by molar-refractivity contribution is 14.0. The van der Waals surface area contributed by atoms with Gasteiger partial charge in [0.2, 0.25) is 0 Å². The first-order valence-electron chi connectivity index (χ1n) is 9.53. The zero-order valence-corrected chi connectivity index (χ0v) is 19.4. The number of hydrogen-bond acceptors (Lipinski definition) is 3. The van der Waals surface area contributed by atoms with Gasteiger partial charge in [0, 0.05) is 36.5 Å². The maximum absolute atomic E-state index is 14.2. The molecule has 2 fully saturated rings. The normalized spacial score (nSPS) is 20.5. The van der Waals surface area contributed by atoms with Crippen LogP contribution in [0.15, 0.2) is 29.3 Å². The fourth-order valence-corrected chi connectivity index (χ4v) is 4.34. The lowest BCUT2D eigenvalue weighted by Gasteiger charge is -2.34. The summed E-state index contributed by atoms with van der Waals surface area (Å²) in [4.78, 5) is 4.85. The molecule has 7 heteroatoms. The number of aliphatic imine (C=N–C) groups is 1. The number of nitrogens with zero attached hydrogens (tertiary/aromatic N) is 1. The average molecular weight is 507 g/mol. The molecule has 1 saturated heterocycles. The Kier molecular flexibility index (Phi) is 8.68. The summed E-state index contributed by atoms with van der Waals surface area (Å²) in [6.07, 6.45) is 6.28. The predicted molar refractivity (Wildman–Crippen MR) is 123 cm³/mol. The first kappa shape index (κ1) is 22.7. The fourth-order valence-electron chi connectivity index (χ4n) is 3.57. The molecule has 2 aliphatic rings. The number of benzene rings is 1. The van der Waals surface area contributed by atoms with Crippen molar-refractivity contribution in [3.63, 3.8) is 0 Å². The van der Waals surface area contributed by atoms with Gasteiger partial charge in [-0.25, -0.2) is 4.39 Å². The lowest BCUT2D eigenvalue weighted by Crippen LogP contribution is -2.43. The summed E-state index contributed by atoms with van der Waals surface area (Å²) in [6.45, 7) is 6.01. The zero-order chi connectivity index (χ0) is 18.5. The van der Waals surface area contributed by atoms with Crippen LogP contribution in [0.1, 0.15) is 38.2 Å². The largest absolute Gasteiger partial charge is 0.381 e. The first-order chi connectivity index (χ1) is 12.6. The predicted octanol–water partition coefficient (Wildman–Crippen LogP) is 3.94. The second-order valence-electron chi connectivity index (χ2n) is 7.31. The van der Waals surface area contributed by atoms with E-state index in [9.17, 15) is 4.39 Å². The lowest BCUT2D eigenvalue weighted by molar-refractivity contribution is 0.0794. The SMILES string of the molecule is CCNC(=NCC1(SC)CCOCC1)NCC1(c2ccccc2F)CC1.I. The van der Waals surface area contributed by atoms with Crippen molar-refractivity contribution in [2.45, 2.75) is 42.8 Å². The van der Waals surface area contributed by atoms with Crippen LogP contribution in [0.5, 0.6) is 0 Å². The Bertz CT molecular complexity index is 633. The Labute approximate surface area is 183 Å². The molecule has 0 unspecified atom stereocenters. The number of guanidine groups is 1. The van der Waals surface area contributed by atoms with E-state index in [0.29, 0.717) is 0 Å². The third kappa shape index (κ3) is 5.73. The van der Waals surface area contributed by atoms with E-state index in [2.05, 4.69) is 23.8 Å². The molecule has 0 radical (unpaired) electrons. The second kappa shape index (κ2) is 10.3. The van der Waals surface area contributed by atoms with E-state index >= 15 is 0 Å². The fraction of sp³-hybridized carbons (Fsp3) is 0.650. The maximum atomic E-state index is 14.2. The van der Waals surface area contributed by atoms with Gasteiger partial charge in [-0.05, 0) is 50.5 Å². The summed E-state index contributed by atoms with van der Waals surface area (Å²) >= 11 is 1.90. The maximum Gasteiger partial charge on any atom is 0.191 e. The van der Waals surface area contributed by atoms with E-state index in [1.54, 1.807) is 12.1 Å². The Morgan fingerprint density at radius 1 is 1.19 bits per heavy atom. The topological polar surface area (TPSA) is 45.7 Å². The highest BCUT2D eigenvalue weighted by Gasteiger charge is 2.45. The van der Waals surface area contributed by atoms with Gasteiger partial charge in [-0.3, -0.25) is 4.99 Å². The van der Waals surface area contributed by atoms with Crippen LogP contribution in [-0.2, 0) is 10.2 Å². The van der Waals surface area contributed by atoms with E-state index in [1.807, 2.05) is 23.9 Å². The molecular formula is C20H31FIN3OS. The summed E-state index contributed by atoms with van der Waals surface area (Å²) in [7, 11) is 0. The van der Waals surface area contributed by atoms with Gasteiger partial charge in [-0.2, -0.15) is 11.8 Å². The molecular weight excluding hydrogens is 476 g/mol. The number of ether oxygens (including phenoxy) is 1. The molecule has 0 bridgehead atoms. The first-order valence-corrected chi connectivity index (χ1v) is 10.8. The summed E-state index contributed by atoms with van der Waals surface area (Å²) in [5.41, 5.74) is 0.741. The van der Waals surface area contributed by atoms with Crippen molar-refractivity contribution in [2.24, 2.45) is 4.99 Å². The van der Waals surface area contributed by atoms with E-state index < -0.39 is 0 Å². The number of thioether (sulfide) groups is 1. The van der Waals surface area contributed by atoms with Gasteiger partial charge in [0.15, 0.2) is 5.96 Å². The second-order valence-corrected chi connectivity index (χ2v) is 8.58. The summed E-state index contributed by atoms with van der Waals surface area (Å²) in [5.74, 6) is 0.729. The molecule has 0 spiro atoms. The molecule has 1 saturated carbocycles. The average Bonchev–Trinajstić information content (AvgIpc) is 3.46. The van der Waals surface area contributed by atoms with E-state index in [-0.39, 0.29) is 40.0 Å².